The summed E-state index contributed by atoms with van der Waals surface area (Å²) in [5.74, 6) is 0.0153. The van der Waals surface area contributed by atoms with Gasteiger partial charge in [-0.25, -0.2) is 0 Å². The molecular weight excluding hydrogens is 297 g/mol. The van der Waals surface area contributed by atoms with Crippen LogP contribution in [0.1, 0.15) is 24.9 Å². The van der Waals surface area contributed by atoms with Gasteiger partial charge in [0.1, 0.15) is 0 Å². The number of nitrogens with zero attached hydrogens (tertiary/aromatic N) is 1. The van der Waals surface area contributed by atoms with Gasteiger partial charge >= 0.3 is 0 Å². The topological polar surface area (TPSA) is 58.4 Å². The molecule has 0 radical (unpaired) electrons. The van der Waals surface area contributed by atoms with Gasteiger partial charge in [0, 0.05) is 24.2 Å². The van der Waals surface area contributed by atoms with E-state index >= 15 is 0 Å². The van der Waals surface area contributed by atoms with E-state index < -0.39 is 0 Å². The second kappa shape index (κ2) is 7.84. The zero-order valence-electron chi connectivity index (χ0n) is 11.5. The van der Waals surface area contributed by atoms with Crippen LogP contribution in [-0.2, 0) is 4.79 Å². The fourth-order valence-electron chi connectivity index (χ4n) is 2.40. The highest BCUT2D eigenvalue weighted by molar-refractivity contribution is 6.31. The molecule has 1 aliphatic heterocycles. The van der Waals surface area contributed by atoms with Crippen LogP contribution < -0.4 is 11.1 Å². The minimum atomic E-state index is -0.0857. The lowest BCUT2D eigenvalue weighted by molar-refractivity contribution is -0.122. The van der Waals surface area contributed by atoms with Gasteiger partial charge in [-0.15, -0.1) is 12.4 Å². The molecule has 0 saturated carbocycles. The molecule has 2 rings (SSSR count). The summed E-state index contributed by atoms with van der Waals surface area (Å²) in [4.78, 5) is 14.0. The highest BCUT2D eigenvalue weighted by atomic mass is 35.5. The highest BCUT2D eigenvalue weighted by Gasteiger charge is 2.21. The molecule has 0 bridgehead atoms. The average molecular weight is 318 g/mol. The number of nitrogens with two attached hydrogens (primary N) is 1. The quantitative estimate of drug-likeness (QED) is 0.892. The molecule has 112 valence electrons. The van der Waals surface area contributed by atoms with Crippen LogP contribution in [0.2, 0.25) is 5.02 Å². The van der Waals surface area contributed by atoms with E-state index in [1.807, 2.05) is 31.2 Å². The smallest absolute Gasteiger partial charge is 0.234 e. The molecule has 1 saturated heterocycles. The average Bonchev–Trinajstić information content (AvgIpc) is 2.74. The third kappa shape index (κ3) is 4.63. The first-order valence-electron chi connectivity index (χ1n) is 6.58. The van der Waals surface area contributed by atoms with Gasteiger partial charge in [0.05, 0.1) is 12.6 Å². The largest absolute Gasteiger partial charge is 0.348 e. The van der Waals surface area contributed by atoms with Crippen LogP contribution in [0.25, 0.3) is 0 Å². The third-order valence-corrected chi connectivity index (χ3v) is 3.77. The number of carbonyl (C=O) groups is 1. The molecule has 0 aromatic heterocycles. The molecule has 1 aromatic rings. The Labute approximate surface area is 131 Å². The molecule has 4 nitrogen and oxygen atoms in total. The van der Waals surface area contributed by atoms with Gasteiger partial charge in [0.25, 0.3) is 0 Å². The molecular formula is C14H21Cl2N3O. The Morgan fingerprint density at radius 1 is 1.55 bits per heavy atom. The Morgan fingerprint density at radius 3 is 2.85 bits per heavy atom. The molecule has 1 amide bonds. The maximum absolute atomic E-state index is 12.0. The molecule has 1 aromatic carbocycles. The summed E-state index contributed by atoms with van der Waals surface area (Å²) in [6.07, 6.45) is 0.966. The maximum atomic E-state index is 12.0. The Hall–Kier alpha value is -0.810. The number of carbonyl (C=O) groups excluding carboxylic acids is 1. The van der Waals surface area contributed by atoms with E-state index in [1.165, 1.54) is 0 Å². The van der Waals surface area contributed by atoms with Crippen molar-refractivity contribution >= 4 is 29.9 Å². The van der Waals surface area contributed by atoms with Gasteiger partial charge in [0.2, 0.25) is 5.91 Å². The van der Waals surface area contributed by atoms with Gasteiger partial charge in [-0.05, 0) is 25.0 Å². The van der Waals surface area contributed by atoms with Crippen molar-refractivity contribution in [1.29, 1.82) is 0 Å². The third-order valence-electron chi connectivity index (χ3n) is 3.43. The molecule has 1 aliphatic rings. The minimum absolute atomic E-state index is 0. The lowest BCUT2D eigenvalue weighted by Crippen LogP contribution is -2.38. The van der Waals surface area contributed by atoms with Crippen molar-refractivity contribution in [2.45, 2.75) is 25.4 Å². The van der Waals surface area contributed by atoms with Crippen LogP contribution in [0, 0.1) is 0 Å². The minimum Gasteiger partial charge on any atom is -0.348 e. The van der Waals surface area contributed by atoms with Crippen molar-refractivity contribution in [3.05, 3.63) is 34.9 Å². The van der Waals surface area contributed by atoms with E-state index in [2.05, 4.69) is 10.2 Å². The number of rotatable bonds is 4. The summed E-state index contributed by atoms with van der Waals surface area (Å²) in [5.41, 5.74) is 6.76. The highest BCUT2D eigenvalue weighted by Crippen LogP contribution is 2.22. The molecule has 2 atom stereocenters. The number of hydrogen-bond acceptors (Lipinski definition) is 3. The molecule has 3 N–H and O–H groups in total. The predicted molar refractivity (Wildman–Crippen MR) is 84.3 cm³/mol. The van der Waals surface area contributed by atoms with Crippen LogP contribution in [0.15, 0.2) is 24.3 Å². The van der Waals surface area contributed by atoms with Gasteiger partial charge < -0.3 is 11.1 Å². The monoisotopic (exact) mass is 317 g/mol. The van der Waals surface area contributed by atoms with Crippen molar-refractivity contribution in [2.24, 2.45) is 5.73 Å². The van der Waals surface area contributed by atoms with Crippen LogP contribution >= 0.6 is 24.0 Å². The van der Waals surface area contributed by atoms with E-state index in [4.69, 9.17) is 17.3 Å². The second-order valence-corrected chi connectivity index (χ2v) is 5.50. The maximum Gasteiger partial charge on any atom is 0.234 e. The standard InChI is InChI=1S/C14H20ClN3O.ClH/c1-10(12-4-2-3-5-13(12)15)17-14(19)9-18-7-6-11(16)8-18;/h2-5,10-11H,6-9,16H2,1H3,(H,17,19);1H/t10?,11-;/m0./s1. The summed E-state index contributed by atoms with van der Waals surface area (Å²) in [6.45, 7) is 4.04. The number of nitrogens with one attached hydrogen (secondary N) is 1. The van der Waals surface area contributed by atoms with Gasteiger partial charge in [-0.2, -0.15) is 0 Å². The summed E-state index contributed by atoms with van der Waals surface area (Å²) in [6, 6.07) is 7.68. The van der Waals surface area contributed by atoms with Gasteiger partial charge in [-0.1, -0.05) is 29.8 Å². The predicted octanol–water partition coefficient (Wildman–Crippen LogP) is 1.97. The Morgan fingerprint density at radius 2 is 2.25 bits per heavy atom. The lowest BCUT2D eigenvalue weighted by Gasteiger charge is -2.19. The Bertz CT molecular complexity index is 456. The molecule has 1 unspecified atom stereocenters. The summed E-state index contributed by atoms with van der Waals surface area (Å²) in [7, 11) is 0. The van der Waals surface area contributed by atoms with E-state index in [1.54, 1.807) is 0 Å². The zero-order chi connectivity index (χ0) is 13.8. The van der Waals surface area contributed by atoms with Crippen molar-refractivity contribution in [3.63, 3.8) is 0 Å². The summed E-state index contributed by atoms with van der Waals surface area (Å²) < 4.78 is 0. The van der Waals surface area contributed by atoms with Crippen molar-refractivity contribution in [3.8, 4) is 0 Å². The van der Waals surface area contributed by atoms with Gasteiger partial charge in [-0.3, -0.25) is 9.69 Å². The van der Waals surface area contributed by atoms with Crippen molar-refractivity contribution < 1.29 is 4.79 Å². The fraction of sp³-hybridized carbons (Fsp3) is 0.500. The van der Waals surface area contributed by atoms with Crippen molar-refractivity contribution in [2.75, 3.05) is 19.6 Å². The van der Waals surface area contributed by atoms with E-state index in [-0.39, 0.29) is 30.4 Å². The van der Waals surface area contributed by atoms with Crippen molar-refractivity contribution in [1.82, 2.24) is 10.2 Å². The number of benzene rings is 1. The molecule has 0 spiro atoms. The van der Waals surface area contributed by atoms with Gasteiger partial charge in [0.15, 0.2) is 0 Å². The van der Waals surface area contributed by atoms with Crippen LogP contribution in [0.5, 0.6) is 0 Å². The number of likely N-dealkylation sites (tertiary alicyclic amines) is 1. The first-order valence-corrected chi connectivity index (χ1v) is 6.96. The second-order valence-electron chi connectivity index (χ2n) is 5.09. The summed E-state index contributed by atoms with van der Waals surface area (Å²) in [5, 5.41) is 3.65. The Balaban J connectivity index is 0.00000200. The van der Waals surface area contributed by atoms with E-state index in [0.29, 0.717) is 11.6 Å². The van der Waals surface area contributed by atoms with Crippen LogP contribution in [0.3, 0.4) is 0 Å². The number of amides is 1. The zero-order valence-corrected chi connectivity index (χ0v) is 13.1. The van der Waals surface area contributed by atoms with E-state index in [9.17, 15) is 4.79 Å². The van der Waals surface area contributed by atoms with Crippen LogP contribution in [0.4, 0.5) is 0 Å². The molecule has 1 heterocycles. The first kappa shape index (κ1) is 17.2. The Kier molecular flexibility index (Phi) is 6.76. The fourth-order valence-corrected chi connectivity index (χ4v) is 2.70. The lowest BCUT2D eigenvalue weighted by atomic mass is 10.1. The molecule has 1 fully saturated rings. The first-order chi connectivity index (χ1) is 9.06. The number of hydrogen-bond donors (Lipinski definition) is 2. The SMILES string of the molecule is CC(NC(=O)CN1CC[C@H](N)C1)c1ccccc1Cl.Cl. The summed E-state index contributed by atoms with van der Waals surface area (Å²) >= 11 is 6.11. The molecule has 20 heavy (non-hydrogen) atoms. The normalized spacial score (nSPS) is 20.2. The molecule has 6 heteroatoms. The number of halogens is 2. The van der Waals surface area contributed by atoms with E-state index in [0.717, 1.165) is 25.1 Å². The van der Waals surface area contributed by atoms with Crippen LogP contribution in [-0.4, -0.2) is 36.5 Å². The molecule has 0 aliphatic carbocycles.